The van der Waals surface area contributed by atoms with Crippen LogP contribution in [0.3, 0.4) is 0 Å². The summed E-state index contributed by atoms with van der Waals surface area (Å²) in [5, 5.41) is 0. The highest BCUT2D eigenvalue weighted by Crippen LogP contribution is 2.34. The molecule has 1 amide bonds. The lowest BCUT2D eigenvalue weighted by atomic mass is 9.99. The Kier molecular flexibility index (Phi) is 3.97. The molecule has 6 heteroatoms. The van der Waals surface area contributed by atoms with Crippen LogP contribution in [-0.4, -0.2) is 20.9 Å². The van der Waals surface area contributed by atoms with Crippen molar-refractivity contribution in [3.8, 4) is 0 Å². The van der Waals surface area contributed by atoms with Crippen molar-refractivity contribution in [2.45, 2.75) is 43.4 Å². The van der Waals surface area contributed by atoms with Crippen LogP contribution in [0.15, 0.2) is 23.1 Å². The molecule has 1 aromatic rings. The first-order valence-electron chi connectivity index (χ1n) is 7.33. The number of fused-ring (bicyclic) bond motifs is 1. The van der Waals surface area contributed by atoms with E-state index in [1.54, 1.807) is 12.1 Å². The van der Waals surface area contributed by atoms with Crippen LogP contribution in [0.5, 0.6) is 0 Å². The van der Waals surface area contributed by atoms with Crippen LogP contribution in [0.25, 0.3) is 0 Å². The zero-order chi connectivity index (χ0) is 15.0. The fraction of sp³-hybridized carbons (Fsp3) is 0.533. The maximum absolute atomic E-state index is 12.2. The number of carbonyl (C=O) groups is 1. The highest BCUT2D eigenvalue weighted by molar-refractivity contribution is 8.13. The molecule has 0 atom stereocenters. The number of nitrogens with zero attached hydrogens (tertiary/aromatic N) is 1. The molecule has 0 N–H and O–H groups in total. The van der Waals surface area contributed by atoms with Gasteiger partial charge < -0.3 is 4.90 Å². The van der Waals surface area contributed by atoms with Crippen LogP contribution in [0.4, 0.5) is 5.69 Å². The Morgan fingerprint density at radius 3 is 2.57 bits per heavy atom. The average Bonchev–Trinajstić information content (AvgIpc) is 2.93. The van der Waals surface area contributed by atoms with Crippen LogP contribution in [0, 0.1) is 5.92 Å². The van der Waals surface area contributed by atoms with E-state index in [9.17, 15) is 13.2 Å². The van der Waals surface area contributed by atoms with Gasteiger partial charge in [-0.15, -0.1) is 0 Å². The third-order valence-electron chi connectivity index (χ3n) is 4.45. The molecule has 0 unspecified atom stereocenters. The molecule has 1 heterocycles. The van der Waals surface area contributed by atoms with Crippen LogP contribution in [0.1, 0.15) is 37.7 Å². The van der Waals surface area contributed by atoms with E-state index >= 15 is 0 Å². The van der Waals surface area contributed by atoms with Crippen molar-refractivity contribution >= 4 is 31.3 Å². The monoisotopic (exact) mass is 327 g/mol. The average molecular weight is 328 g/mol. The van der Waals surface area contributed by atoms with Gasteiger partial charge in [0.05, 0.1) is 4.90 Å². The lowest BCUT2D eigenvalue weighted by molar-refractivity contribution is -0.119. The molecule has 2 aliphatic rings. The van der Waals surface area contributed by atoms with Crippen molar-refractivity contribution in [2.24, 2.45) is 5.92 Å². The van der Waals surface area contributed by atoms with Gasteiger partial charge in [-0.1, -0.05) is 12.8 Å². The summed E-state index contributed by atoms with van der Waals surface area (Å²) in [5.41, 5.74) is 1.75. The predicted octanol–water partition coefficient (Wildman–Crippen LogP) is 3.08. The fourth-order valence-corrected chi connectivity index (χ4v) is 4.14. The molecule has 0 radical (unpaired) electrons. The van der Waals surface area contributed by atoms with Crippen molar-refractivity contribution in [2.75, 3.05) is 11.4 Å². The Hall–Kier alpha value is -1.07. The second kappa shape index (κ2) is 5.61. The molecule has 3 rings (SSSR count). The first-order chi connectivity index (χ1) is 9.95. The number of benzene rings is 1. The van der Waals surface area contributed by atoms with Crippen molar-refractivity contribution in [3.63, 3.8) is 0 Å². The molecule has 0 bridgehead atoms. The summed E-state index contributed by atoms with van der Waals surface area (Å²) in [5.74, 6) is 0.701. The van der Waals surface area contributed by atoms with E-state index in [4.69, 9.17) is 10.7 Å². The largest absolute Gasteiger partial charge is 0.312 e. The summed E-state index contributed by atoms with van der Waals surface area (Å²) >= 11 is 0. The van der Waals surface area contributed by atoms with Crippen molar-refractivity contribution in [1.82, 2.24) is 0 Å². The van der Waals surface area contributed by atoms with Gasteiger partial charge in [-0.2, -0.15) is 0 Å². The van der Waals surface area contributed by atoms with E-state index in [2.05, 4.69) is 0 Å². The van der Waals surface area contributed by atoms with E-state index in [1.165, 1.54) is 31.7 Å². The van der Waals surface area contributed by atoms with Gasteiger partial charge in [0.1, 0.15) is 0 Å². The Balaban J connectivity index is 1.92. The molecule has 1 saturated carbocycles. The quantitative estimate of drug-likeness (QED) is 0.802. The number of aryl methyl sites for hydroxylation is 1. The van der Waals surface area contributed by atoms with Crippen molar-refractivity contribution in [1.29, 1.82) is 0 Å². The summed E-state index contributed by atoms with van der Waals surface area (Å²) in [7, 11) is 1.67. The maximum atomic E-state index is 12.2. The lowest BCUT2D eigenvalue weighted by Gasteiger charge is -2.31. The highest BCUT2D eigenvalue weighted by atomic mass is 35.7. The van der Waals surface area contributed by atoms with E-state index in [0.717, 1.165) is 17.8 Å². The van der Waals surface area contributed by atoms with Crippen molar-refractivity contribution < 1.29 is 13.2 Å². The Labute approximate surface area is 129 Å². The first-order valence-corrected chi connectivity index (χ1v) is 9.64. The molecule has 114 valence electrons. The maximum Gasteiger partial charge on any atom is 0.261 e. The number of amides is 1. The standard InChI is InChI=1S/C15H18ClNO3S/c16-21(19,20)13-6-7-14-12(9-13)5-8-15(18)17(14)10-11-3-1-2-4-11/h6-7,9,11H,1-5,8,10H2. The van der Waals surface area contributed by atoms with Gasteiger partial charge in [0.2, 0.25) is 5.91 Å². The van der Waals surface area contributed by atoms with Gasteiger partial charge in [-0.25, -0.2) is 8.42 Å². The second-order valence-electron chi connectivity index (χ2n) is 5.88. The number of anilines is 1. The van der Waals surface area contributed by atoms with E-state index in [1.807, 2.05) is 4.90 Å². The topological polar surface area (TPSA) is 54.5 Å². The molecule has 1 aliphatic carbocycles. The normalized spacial score (nSPS) is 19.9. The SMILES string of the molecule is O=C1CCc2cc(S(=O)(=O)Cl)ccc2N1CC1CCCC1. The van der Waals surface area contributed by atoms with Crippen LogP contribution in [0.2, 0.25) is 0 Å². The minimum Gasteiger partial charge on any atom is -0.312 e. The lowest BCUT2D eigenvalue weighted by Crippen LogP contribution is -2.38. The molecule has 1 fully saturated rings. The number of halogens is 1. The molecular formula is C15H18ClNO3S. The summed E-state index contributed by atoms with van der Waals surface area (Å²) in [4.78, 5) is 14.2. The fourth-order valence-electron chi connectivity index (χ4n) is 3.34. The smallest absolute Gasteiger partial charge is 0.261 e. The predicted molar refractivity (Wildman–Crippen MR) is 82.1 cm³/mol. The Morgan fingerprint density at radius 2 is 1.90 bits per heavy atom. The van der Waals surface area contributed by atoms with E-state index in [0.29, 0.717) is 18.8 Å². The van der Waals surface area contributed by atoms with Gasteiger partial charge in [-0.3, -0.25) is 4.79 Å². The van der Waals surface area contributed by atoms with E-state index in [-0.39, 0.29) is 10.8 Å². The molecule has 0 aromatic heterocycles. The summed E-state index contributed by atoms with van der Waals surface area (Å²) < 4.78 is 22.9. The molecule has 1 aliphatic heterocycles. The molecule has 0 spiro atoms. The number of hydrogen-bond acceptors (Lipinski definition) is 3. The van der Waals surface area contributed by atoms with Gasteiger partial charge >= 0.3 is 0 Å². The molecule has 21 heavy (non-hydrogen) atoms. The number of carbonyl (C=O) groups excluding carboxylic acids is 1. The first kappa shape index (κ1) is 14.9. The minimum absolute atomic E-state index is 0.109. The highest BCUT2D eigenvalue weighted by Gasteiger charge is 2.28. The van der Waals surface area contributed by atoms with Gasteiger partial charge in [-0.05, 0) is 48.9 Å². The third-order valence-corrected chi connectivity index (χ3v) is 5.80. The second-order valence-corrected chi connectivity index (χ2v) is 8.45. The summed E-state index contributed by atoms with van der Waals surface area (Å²) in [6, 6.07) is 4.81. The summed E-state index contributed by atoms with van der Waals surface area (Å²) in [6.07, 6.45) is 5.84. The van der Waals surface area contributed by atoms with E-state index < -0.39 is 9.05 Å². The third kappa shape index (κ3) is 3.09. The number of rotatable bonds is 3. The molecule has 0 saturated heterocycles. The van der Waals surface area contributed by atoms with Crippen LogP contribution >= 0.6 is 10.7 Å². The van der Waals surface area contributed by atoms with Crippen molar-refractivity contribution in [3.05, 3.63) is 23.8 Å². The zero-order valence-corrected chi connectivity index (χ0v) is 13.3. The van der Waals surface area contributed by atoms with Crippen LogP contribution < -0.4 is 4.90 Å². The summed E-state index contributed by atoms with van der Waals surface area (Å²) in [6.45, 7) is 0.749. The van der Waals surface area contributed by atoms with Gasteiger partial charge in [0, 0.05) is 29.3 Å². The Bertz CT molecular complexity index is 665. The Morgan fingerprint density at radius 1 is 1.19 bits per heavy atom. The van der Waals surface area contributed by atoms with Crippen LogP contribution in [-0.2, 0) is 20.3 Å². The zero-order valence-electron chi connectivity index (χ0n) is 11.7. The molecular weight excluding hydrogens is 310 g/mol. The van der Waals surface area contributed by atoms with Gasteiger partial charge in [0.25, 0.3) is 9.05 Å². The molecule has 4 nitrogen and oxygen atoms in total. The van der Waals surface area contributed by atoms with Gasteiger partial charge in [0.15, 0.2) is 0 Å². The minimum atomic E-state index is -3.72. The number of hydrogen-bond donors (Lipinski definition) is 0. The molecule has 1 aromatic carbocycles.